The van der Waals surface area contributed by atoms with Crippen molar-refractivity contribution in [2.75, 3.05) is 19.7 Å². The van der Waals surface area contributed by atoms with Gasteiger partial charge in [0.1, 0.15) is 12.4 Å². The Kier molecular flexibility index (Phi) is 4.72. The van der Waals surface area contributed by atoms with Crippen LogP contribution >= 0.6 is 23.2 Å². The number of fused-ring (bicyclic) bond motifs is 2. The average Bonchev–Trinajstić information content (AvgIpc) is 3.18. The van der Waals surface area contributed by atoms with Crippen LogP contribution in [-0.2, 0) is 0 Å². The van der Waals surface area contributed by atoms with E-state index in [1.807, 2.05) is 12.1 Å². The van der Waals surface area contributed by atoms with Gasteiger partial charge in [-0.15, -0.1) is 0 Å². The highest BCUT2D eigenvalue weighted by molar-refractivity contribution is 6.40. The molecule has 1 aromatic heterocycles. The second-order valence-corrected chi connectivity index (χ2v) is 7.22. The number of hydrogen-bond donors (Lipinski definition) is 3. The summed E-state index contributed by atoms with van der Waals surface area (Å²) >= 11 is 12.4. The van der Waals surface area contributed by atoms with Gasteiger partial charge in [-0.05, 0) is 42.9 Å². The van der Waals surface area contributed by atoms with Gasteiger partial charge in [-0.25, -0.2) is 0 Å². The van der Waals surface area contributed by atoms with Crippen molar-refractivity contribution in [1.82, 2.24) is 15.6 Å². The maximum Gasteiger partial charge on any atom is 0.130 e. The van der Waals surface area contributed by atoms with E-state index >= 15 is 0 Å². The van der Waals surface area contributed by atoms with Gasteiger partial charge in [-0.1, -0.05) is 29.3 Å². The van der Waals surface area contributed by atoms with Crippen molar-refractivity contribution in [1.29, 1.82) is 0 Å². The van der Waals surface area contributed by atoms with Crippen LogP contribution in [0.25, 0.3) is 10.9 Å². The highest BCUT2D eigenvalue weighted by Crippen LogP contribution is 2.36. The minimum Gasteiger partial charge on any atom is -0.492 e. The van der Waals surface area contributed by atoms with Crippen LogP contribution < -0.4 is 15.4 Å². The Hall–Kier alpha value is -1.20. The first-order chi connectivity index (χ1) is 11.7. The third-order valence-electron chi connectivity index (χ3n) is 4.92. The SMILES string of the molecule is Clc1ccc(OCCNC2NCC3CCCC=C32)c2c(Cl)c[nH]c12. The quantitative estimate of drug-likeness (QED) is 0.552. The molecule has 2 aliphatic rings. The van der Waals surface area contributed by atoms with Gasteiger partial charge in [0.25, 0.3) is 0 Å². The summed E-state index contributed by atoms with van der Waals surface area (Å²) in [6, 6.07) is 3.70. The molecule has 0 saturated carbocycles. The van der Waals surface area contributed by atoms with Crippen LogP contribution in [0.3, 0.4) is 0 Å². The molecule has 24 heavy (non-hydrogen) atoms. The van der Waals surface area contributed by atoms with Crippen LogP contribution in [0.5, 0.6) is 5.75 Å². The van der Waals surface area contributed by atoms with E-state index in [0.717, 1.165) is 29.7 Å². The molecule has 1 saturated heterocycles. The second-order valence-electron chi connectivity index (χ2n) is 6.41. The molecule has 4 rings (SSSR count). The zero-order valence-electron chi connectivity index (χ0n) is 13.4. The number of rotatable bonds is 5. The van der Waals surface area contributed by atoms with Crippen LogP contribution in [0, 0.1) is 5.92 Å². The van der Waals surface area contributed by atoms with Crippen LogP contribution in [0.4, 0.5) is 0 Å². The molecule has 3 N–H and O–H groups in total. The largest absolute Gasteiger partial charge is 0.492 e. The summed E-state index contributed by atoms with van der Waals surface area (Å²) in [6.45, 7) is 2.43. The van der Waals surface area contributed by atoms with Gasteiger partial charge in [0.15, 0.2) is 0 Å². The molecule has 128 valence electrons. The molecule has 1 aliphatic heterocycles. The van der Waals surface area contributed by atoms with E-state index < -0.39 is 0 Å². The molecule has 0 spiro atoms. The van der Waals surface area contributed by atoms with Crippen molar-refractivity contribution in [2.45, 2.75) is 25.4 Å². The molecule has 0 radical (unpaired) electrons. The lowest BCUT2D eigenvalue weighted by molar-refractivity contribution is 0.309. The minimum absolute atomic E-state index is 0.292. The van der Waals surface area contributed by atoms with Crippen LogP contribution in [0.1, 0.15) is 19.3 Å². The van der Waals surface area contributed by atoms with Gasteiger partial charge in [0.2, 0.25) is 0 Å². The van der Waals surface area contributed by atoms with Crippen LogP contribution in [0.2, 0.25) is 10.0 Å². The summed E-state index contributed by atoms with van der Waals surface area (Å²) in [5.74, 6) is 1.48. The molecule has 4 nitrogen and oxygen atoms in total. The fraction of sp³-hybridized carbons (Fsp3) is 0.444. The van der Waals surface area contributed by atoms with Crippen molar-refractivity contribution in [3.63, 3.8) is 0 Å². The van der Waals surface area contributed by atoms with E-state index in [9.17, 15) is 0 Å². The van der Waals surface area contributed by atoms with Gasteiger partial charge in [0.05, 0.1) is 27.1 Å². The lowest BCUT2D eigenvalue weighted by atomic mass is 9.89. The van der Waals surface area contributed by atoms with Gasteiger partial charge in [0, 0.05) is 19.3 Å². The number of ether oxygens (including phenoxy) is 1. The fourth-order valence-corrected chi connectivity index (χ4v) is 4.19. The van der Waals surface area contributed by atoms with E-state index in [1.54, 1.807) is 6.20 Å². The molecule has 0 bridgehead atoms. The predicted octanol–water partition coefficient (Wildman–Crippen LogP) is 4.10. The molecule has 0 amide bonds. The first-order valence-electron chi connectivity index (χ1n) is 8.48. The number of allylic oxidation sites excluding steroid dienone is 1. The first-order valence-corrected chi connectivity index (χ1v) is 9.24. The summed E-state index contributed by atoms with van der Waals surface area (Å²) in [5, 5.41) is 9.23. The van der Waals surface area contributed by atoms with Crippen LogP contribution in [-0.4, -0.2) is 30.8 Å². The Morgan fingerprint density at radius 2 is 2.17 bits per heavy atom. The second kappa shape index (κ2) is 6.96. The maximum atomic E-state index is 6.24. The Morgan fingerprint density at radius 1 is 1.25 bits per heavy atom. The molecular weight excluding hydrogens is 345 g/mol. The van der Waals surface area contributed by atoms with Gasteiger partial charge >= 0.3 is 0 Å². The average molecular weight is 366 g/mol. The molecule has 2 heterocycles. The number of nitrogens with one attached hydrogen (secondary N) is 3. The van der Waals surface area contributed by atoms with Gasteiger partial charge in [-0.3, -0.25) is 10.6 Å². The van der Waals surface area contributed by atoms with E-state index in [1.165, 1.54) is 24.8 Å². The van der Waals surface area contributed by atoms with Crippen molar-refractivity contribution in [3.8, 4) is 5.75 Å². The molecule has 1 aromatic carbocycles. The van der Waals surface area contributed by atoms with Crippen LogP contribution in [0.15, 0.2) is 30.0 Å². The van der Waals surface area contributed by atoms with E-state index in [4.69, 9.17) is 27.9 Å². The van der Waals surface area contributed by atoms with Gasteiger partial charge in [-0.2, -0.15) is 0 Å². The molecule has 1 aliphatic carbocycles. The zero-order valence-corrected chi connectivity index (χ0v) is 14.9. The molecule has 2 atom stereocenters. The zero-order chi connectivity index (χ0) is 16.5. The first kappa shape index (κ1) is 16.3. The number of hydrogen-bond acceptors (Lipinski definition) is 3. The third-order valence-corrected chi connectivity index (χ3v) is 5.53. The summed E-state index contributed by atoms with van der Waals surface area (Å²) in [4.78, 5) is 3.09. The molecule has 6 heteroatoms. The smallest absolute Gasteiger partial charge is 0.130 e. The Balaban J connectivity index is 1.36. The summed E-state index contributed by atoms with van der Waals surface area (Å²) in [7, 11) is 0. The normalized spacial score (nSPS) is 23.3. The Bertz CT molecular complexity index is 771. The van der Waals surface area contributed by atoms with Crippen molar-refractivity contribution < 1.29 is 4.74 Å². The molecule has 2 unspecified atom stereocenters. The highest BCUT2D eigenvalue weighted by atomic mass is 35.5. The van der Waals surface area contributed by atoms with E-state index in [2.05, 4.69) is 21.7 Å². The molecule has 2 aromatic rings. The number of aromatic nitrogens is 1. The standard InChI is InChI=1S/C18H21Cl2N3O/c19-13-5-6-15(16-14(20)10-22-17(13)16)24-8-7-21-18-12-4-2-1-3-11(12)9-23-18/h4-6,10-11,18,21-23H,1-3,7-9H2. The predicted molar refractivity (Wildman–Crippen MR) is 99.0 cm³/mol. The minimum atomic E-state index is 0.292. The molecular formula is C18H21Cl2N3O. The number of aromatic amines is 1. The van der Waals surface area contributed by atoms with Crippen molar-refractivity contribution >= 4 is 34.1 Å². The third kappa shape index (κ3) is 3.04. The lowest BCUT2D eigenvalue weighted by Gasteiger charge is -2.21. The summed E-state index contributed by atoms with van der Waals surface area (Å²) < 4.78 is 5.94. The molecule has 1 fully saturated rings. The number of H-pyrrole nitrogens is 1. The fourth-order valence-electron chi connectivity index (χ4n) is 3.74. The van der Waals surface area contributed by atoms with Crippen molar-refractivity contribution in [3.05, 3.63) is 40.0 Å². The summed E-state index contributed by atoms with van der Waals surface area (Å²) in [6.07, 6.45) is 8.26. The Labute approximate surface area is 151 Å². The van der Waals surface area contributed by atoms with E-state index in [-0.39, 0.29) is 0 Å². The lowest BCUT2D eigenvalue weighted by Crippen LogP contribution is -2.40. The van der Waals surface area contributed by atoms with Gasteiger partial charge < -0.3 is 9.72 Å². The maximum absolute atomic E-state index is 6.24. The Morgan fingerprint density at radius 3 is 3.08 bits per heavy atom. The highest BCUT2D eigenvalue weighted by Gasteiger charge is 2.30. The monoisotopic (exact) mass is 365 g/mol. The topological polar surface area (TPSA) is 49.1 Å². The number of benzene rings is 1. The van der Waals surface area contributed by atoms with Crippen molar-refractivity contribution in [2.24, 2.45) is 5.92 Å². The summed E-state index contributed by atoms with van der Waals surface area (Å²) in [5.41, 5.74) is 2.35. The number of halogens is 2. The van der Waals surface area contributed by atoms with E-state index in [0.29, 0.717) is 28.7 Å².